The minimum atomic E-state index is -0.902. The van der Waals surface area contributed by atoms with Crippen LogP contribution in [0.25, 0.3) is 0 Å². The Labute approximate surface area is 651 Å². The first-order chi connectivity index (χ1) is 49.7. The summed E-state index contributed by atoms with van der Waals surface area (Å²) in [6, 6.07) is 39.5. The van der Waals surface area contributed by atoms with Crippen LogP contribution in [0.3, 0.4) is 0 Å². The average Bonchev–Trinajstić information content (AvgIpc) is 1.43. The molecule has 12 fully saturated rings. The molecule has 21 rings (SSSR count). The maximum absolute atomic E-state index is 10.3. The number of carboxylic acids is 1. The van der Waals surface area contributed by atoms with Crippen LogP contribution in [-0.2, 0) is 46.9 Å². The molecule has 5 aromatic carbocycles. The average molecular weight is 1590 g/mol. The molecule has 9 saturated carbocycles. The molecule has 106 heavy (non-hydrogen) atoms. The highest BCUT2D eigenvalue weighted by atomic mass is 79.9. The van der Waals surface area contributed by atoms with Crippen molar-refractivity contribution in [2.45, 2.75) is 232 Å². The number of carboxylic acid groups (broad SMARTS) is 1. The van der Waals surface area contributed by atoms with Gasteiger partial charge in [0.2, 0.25) is 23.6 Å². The van der Waals surface area contributed by atoms with Crippen molar-refractivity contribution in [3.05, 3.63) is 169 Å². The molecule has 7 heterocycles. The zero-order valence-corrected chi connectivity index (χ0v) is 69.0. The van der Waals surface area contributed by atoms with Crippen molar-refractivity contribution < 1.29 is 56.8 Å². The van der Waals surface area contributed by atoms with E-state index in [1.807, 2.05) is 54.6 Å². The summed E-state index contributed by atoms with van der Waals surface area (Å²) in [4.78, 5) is 28.9. The Morgan fingerprint density at radius 3 is 1.21 bits per heavy atom. The minimum Gasteiger partial charge on any atom is -0.478 e. The van der Waals surface area contributed by atoms with Crippen LogP contribution in [-0.4, -0.2) is 140 Å². The van der Waals surface area contributed by atoms with Gasteiger partial charge >= 0.3 is 27.3 Å². The number of aromatic carboxylic acids is 1. The zero-order chi connectivity index (χ0) is 75.9. The smallest absolute Gasteiger partial charge is 0.478 e. The van der Waals surface area contributed by atoms with Crippen LogP contribution in [0, 0.1) is 51.8 Å². The molecule has 9 aliphatic carbocycles. The number of hydrogen-bond donors (Lipinski definition) is 1. The predicted molar refractivity (Wildman–Crippen MR) is 428 cm³/mol. The van der Waals surface area contributed by atoms with Crippen LogP contribution in [0.5, 0.6) is 0 Å². The number of rotatable bonds is 10. The second-order valence-electron chi connectivity index (χ2n) is 36.9. The van der Waals surface area contributed by atoms with Gasteiger partial charge < -0.3 is 52.0 Å². The van der Waals surface area contributed by atoms with Crippen molar-refractivity contribution in [1.29, 1.82) is 0 Å². The van der Waals surface area contributed by atoms with Crippen molar-refractivity contribution in [1.82, 2.24) is 0 Å². The monoisotopic (exact) mass is 1590 g/mol. The van der Waals surface area contributed by atoms with Crippen LogP contribution < -0.4 is 5.46 Å². The lowest BCUT2D eigenvalue weighted by molar-refractivity contribution is -0.199. The highest BCUT2D eigenvalue weighted by molar-refractivity contribution is 9.10. The van der Waals surface area contributed by atoms with E-state index in [0.717, 1.165) is 96.9 Å². The molecule has 16 nitrogen and oxygen atoms in total. The van der Waals surface area contributed by atoms with Crippen LogP contribution in [0.2, 0.25) is 0 Å². The highest BCUT2D eigenvalue weighted by Gasteiger charge is 2.71. The molecule has 7 aliphatic heterocycles. The van der Waals surface area contributed by atoms with Crippen LogP contribution in [0.4, 0.5) is 0 Å². The molecular weight excluding hydrogens is 1480 g/mol. The van der Waals surface area contributed by atoms with Gasteiger partial charge in [0.05, 0.1) is 68.1 Å². The Kier molecular flexibility index (Phi) is 20.5. The van der Waals surface area contributed by atoms with Crippen molar-refractivity contribution >= 4 is 99.8 Å². The lowest BCUT2D eigenvalue weighted by atomic mass is 9.43. The van der Waals surface area contributed by atoms with Crippen molar-refractivity contribution in [3.63, 3.8) is 0 Å². The Morgan fingerprint density at radius 1 is 0.443 bits per heavy atom. The molecule has 0 amide bonds. The number of aliphatic imine (C=N–C) groups is 4. The van der Waals surface area contributed by atoms with E-state index in [4.69, 9.17) is 73.6 Å². The zero-order valence-electron chi connectivity index (χ0n) is 65.1. The third-order valence-electron chi connectivity index (χ3n) is 26.1. The Morgan fingerprint density at radius 2 is 0.802 bits per heavy atom. The molecule has 16 aliphatic rings. The summed E-state index contributed by atoms with van der Waals surface area (Å²) >= 11 is 13.5. The summed E-state index contributed by atoms with van der Waals surface area (Å²) in [6.07, 6.45) is 7.68. The second-order valence-corrected chi connectivity index (χ2v) is 39.2. The summed E-state index contributed by atoms with van der Waals surface area (Å²) in [6.45, 7) is 42.5. The molecule has 14 atom stereocenters. The summed E-state index contributed by atoms with van der Waals surface area (Å²) in [5.41, 5.74) is 7.52. The number of nitrogens with zero attached hydrogens (tertiary/aromatic N) is 4. The van der Waals surface area contributed by atoms with Crippen LogP contribution in [0.15, 0.2) is 150 Å². The van der Waals surface area contributed by atoms with Crippen LogP contribution in [0.1, 0.15) is 218 Å². The maximum Gasteiger partial charge on any atom is 0.494 e. The fourth-order valence-corrected chi connectivity index (χ4v) is 20.3. The number of hydrogen-bond acceptors (Lipinski definition) is 15. The highest BCUT2D eigenvalue weighted by Crippen LogP contribution is 2.68. The van der Waals surface area contributed by atoms with E-state index in [1.54, 1.807) is 24.3 Å². The number of alkyl halides is 1. The minimum absolute atomic E-state index is 0.0857. The fourth-order valence-electron chi connectivity index (χ4n) is 19.2. The van der Waals surface area contributed by atoms with Gasteiger partial charge in [0.1, 0.15) is 26.4 Å². The lowest BCUT2D eigenvalue weighted by Gasteiger charge is -2.64. The molecule has 3 saturated heterocycles. The van der Waals surface area contributed by atoms with Crippen molar-refractivity contribution in [2.75, 3.05) is 26.4 Å². The van der Waals surface area contributed by atoms with Gasteiger partial charge in [-0.05, 0) is 256 Å². The lowest BCUT2D eigenvalue weighted by Crippen LogP contribution is -2.65. The summed E-state index contributed by atoms with van der Waals surface area (Å²) in [5.74, 6) is 6.15. The SMILES string of the molecule is CC1(C)COC(c2cccc(B3OC4CC5CC(C5(C)C)[C@]4(C)O3)c2)=N1.CC1(C)COC(c2cccc(Br)c2)=N1.CC1(C)COC(c2cccc([C@@H](Cl)B3OC4CC5CC(C5(C)C)[C@]4(C)O3)c2)=N1.C[C@H](B1OC2CC3CC(C3(C)C)[C@]2(C)O1)c1cccc(C2=NC(C)(C)CO2)c1.O=C(O)c1cccc(Br)c1. The third-order valence-corrected chi connectivity index (χ3v) is 27.5. The quantitative estimate of drug-likeness (QED) is 0.103. The van der Waals surface area contributed by atoms with E-state index in [9.17, 15) is 4.79 Å². The topological polar surface area (TPSA) is 179 Å². The number of carbonyl (C=O) groups is 1. The molecule has 0 radical (unpaired) electrons. The maximum atomic E-state index is 10.3. The van der Waals surface area contributed by atoms with E-state index >= 15 is 0 Å². The molecule has 0 aromatic heterocycles. The number of benzene rings is 5. The Bertz CT molecular complexity index is 4180. The molecule has 22 heteroatoms. The molecular formula is C84H106B3Br2ClN4O12. The molecule has 564 valence electrons. The molecule has 5 aromatic rings. The van der Waals surface area contributed by atoms with E-state index in [0.29, 0.717) is 71.9 Å². The van der Waals surface area contributed by atoms with E-state index < -0.39 is 13.1 Å². The molecule has 1 N–H and O–H groups in total. The van der Waals surface area contributed by atoms with Gasteiger partial charge in [-0.25, -0.2) is 24.8 Å². The van der Waals surface area contributed by atoms with E-state index in [2.05, 4.69) is 209 Å². The van der Waals surface area contributed by atoms with Crippen molar-refractivity contribution in [3.8, 4) is 0 Å². The van der Waals surface area contributed by atoms with Crippen molar-refractivity contribution in [2.24, 2.45) is 71.7 Å². The first-order valence-electron chi connectivity index (χ1n) is 38.3. The van der Waals surface area contributed by atoms with Crippen LogP contribution >= 0.6 is 43.5 Å². The summed E-state index contributed by atoms with van der Waals surface area (Å²) in [5, 5.41) is 8.13. The van der Waals surface area contributed by atoms with Gasteiger partial charge in [-0.1, -0.05) is 129 Å². The first-order valence-corrected chi connectivity index (χ1v) is 40.3. The molecule has 9 unspecified atom stereocenters. The van der Waals surface area contributed by atoms with Gasteiger partial charge in [0.25, 0.3) is 0 Å². The summed E-state index contributed by atoms with van der Waals surface area (Å²) in [7, 11) is -0.914. The number of ether oxygens (including phenoxy) is 4. The number of halogens is 3. The van der Waals surface area contributed by atoms with Gasteiger partial charge in [-0.3, -0.25) is 0 Å². The molecule has 0 spiro atoms. The third kappa shape index (κ3) is 14.9. The van der Waals surface area contributed by atoms with Gasteiger partial charge in [0, 0.05) is 37.0 Å². The fraction of sp³-hybridized carbons (Fsp3) is 0.583. The predicted octanol–water partition coefficient (Wildman–Crippen LogP) is 17.7. The Hall–Kier alpha value is -5.35. The standard InChI is InChI=1S/C23H32BNO3.C22H29BClNO3.C21H28BNO3.C11H12BrNO.C7H5BrO2/c1-14(15-8-7-9-16(10-15)20-25-21(2,3)13-26-20)24-27-19-12-17-11-18(22(17,4)5)23(19,6)28-24;1-20(2)12-26-19(25-20)14-8-6-7-13(9-14)18(24)23-27-17-11-15-10-16(21(15,3)4)22(17,5)28-23;1-19(2)12-24-18(23-19)13-7-6-8-15(9-13)22-25-17-11-14-10-16(20(14,3)4)21(17,5)26-22;1-11(2)7-14-10(13-11)8-4-3-5-9(12)6-8;8-6-3-1-2-5(4-6)7(9)10/h7-10,14,17-19H,11-13H2,1-6H3;6-9,15-18H,10-12H2,1-5H3;6-9,14,16-17H,10-12H2,1-5H3;3-6H,7H2,1-2H3;1-4H,(H,9,10)/t14-,17?,18?,19?,23-;15?,16?,17?,18-,22+;14?,16?,17?,21-;;/m010../s1. The normalized spacial score (nSPS) is 33.2. The van der Waals surface area contributed by atoms with E-state index in [1.165, 1.54) is 24.8 Å². The summed E-state index contributed by atoms with van der Waals surface area (Å²) < 4.78 is 63.9. The van der Waals surface area contributed by atoms with Gasteiger partial charge in [-0.15, -0.1) is 11.6 Å². The first kappa shape index (κ1) is 77.4. The van der Waals surface area contributed by atoms with Gasteiger partial charge in [-0.2, -0.15) is 0 Å². The second kappa shape index (κ2) is 28.1. The molecule has 6 bridgehead atoms. The Balaban J connectivity index is 0.000000116. The van der Waals surface area contributed by atoms with Gasteiger partial charge in [0.15, 0.2) is 0 Å². The van der Waals surface area contributed by atoms with E-state index in [-0.39, 0.29) is 82.6 Å². The largest absolute Gasteiger partial charge is 0.494 e.